The van der Waals surface area contributed by atoms with Crippen molar-refractivity contribution >= 4 is 0 Å². The second-order valence-electron chi connectivity index (χ2n) is 3.56. The number of ether oxygens (including phenoxy) is 1. The zero-order chi connectivity index (χ0) is 10.9. The van der Waals surface area contributed by atoms with E-state index < -0.39 is 11.4 Å². The minimum atomic E-state index is -1.56. The fraction of sp³-hybridized carbons (Fsp3) is 0.364. The summed E-state index contributed by atoms with van der Waals surface area (Å²) in [5.74, 6) is -0.174. The van der Waals surface area contributed by atoms with Gasteiger partial charge < -0.3 is 9.84 Å². The van der Waals surface area contributed by atoms with Crippen molar-refractivity contribution in [2.75, 3.05) is 6.61 Å². The molecule has 1 aromatic carbocycles. The number of nitriles is 1. The lowest BCUT2D eigenvalue weighted by Crippen LogP contribution is -2.22. The van der Waals surface area contributed by atoms with Gasteiger partial charge in [0, 0.05) is 11.6 Å². The average molecular weight is 207 g/mol. The number of aliphatic hydroxyl groups is 1. The van der Waals surface area contributed by atoms with E-state index in [1.165, 1.54) is 18.2 Å². The van der Waals surface area contributed by atoms with Gasteiger partial charge in [-0.15, -0.1) is 0 Å². The normalized spacial score (nSPS) is 24.6. The van der Waals surface area contributed by atoms with Crippen LogP contribution in [0.25, 0.3) is 0 Å². The number of halogens is 1. The molecule has 15 heavy (non-hydrogen) atoms. The number of hydrogen-bond acceptors (Lipinski definition) is 3. The van der Waals surface area contributed by atoms with Crippen molar-refractivity contribution in [2.45, 2.75) is 18.4 Å². The quantitative estimate of drug-likeness (QED) is 0.659. The van der Waals surface area contributed by atoms with Crippen LogP contribution in [0.1, 0.15) is 18.4 Å². The van der Waals surface area contributed by atoms with Crippen LogP contribution in [0.3, 0.4) is 0 Å². The third-order valence-corrected chi connectivity index (χ3v) is 2.51. The molecule has 3 nitrogen and oxygen atoms in total. The molecule has 78 valence electrons. The SMILES string of the molecule is N#CC1(O)CCCOc2cc(F)ccc21. The predicted octanol–water partition coefficient (Wildman–Crippen LogP) is 1.71. The van der Waals surface area contributed by atoms with E-state index in [4.69, 9.17) is 10.00 Å². The molecule has 1 atom stereocenters. The van der Waals surface area contributed by atoms with Gasteiger partial charge in [-0.1, -0.05) is 0 Å². The summed E-state index contributed by atoms with van der Waals surface area (Å²) in [6.45, 7) is 0.389. The fourth-order valence-electron chi connectivity index (χ4n) is 1.72. The van der Waals surface area contributed by atoms with Crippen LogP contribution in [-0.2, 0) is 5.60 Å². The molecule has 1 aromatic rings. The van der Waals surface area contributed by atoms with Crippen molar-refractivity contribution in [1.29, 1.82) is 5.26 Å². The van der Waals surface area contributed by atoms with Crippen LogP contribution in [-0.4, -0.2) is 11.7 Å². The van der Waals surface area contributed by atoms with E-state index in [9.17, 15) is 9.50 Å². The first-order valence-corrected chi connectivity index (χ1v) is 4.72. The largest absolute Gasteiger partial charge is 0.493 e. The Morgan fingerprint density at radius 2 is 2.33 bits per heavy atom. The summed E-state index contributed by atoms with van der Waals surface area (Å²) in [5.41, 5.74) is -1.21. The third-order valence-electron chi connectivity index (χ3n) is 2.51. The van der Waals surface area contributed by atoms with Gasteiger partial charge >= 0.3 is 0 Å². The third kappa shape index (κ3) is 1.66. The maximum atomic E-state index is 12.9. The lowest BCUT2D eigenvalue weighted by Gasteiger charge is -2.19. The highest BCUT2D eigenvalue weighted by molar-refractivity contribution is 5.42. The first kappa shape index (κ1) is 9.94. The second-order valence-corrected chi connectivity index (χ2v) is 3.56. The number of hydrogen-bond donors (Lipinski definition) is 1. The topological polar surface area (TPSA) is 53.2 Å². The van der Waals surface area contributed by atoms with Crippen LogP contribution in [0.15, 0.2) is 18.2 Å². The van der Waals surface area contributed by atoms with Crippen LogP contribution in [0.5, 0.6) is 5.75 Å². The van der Waals surface area contributed by atoms with Crippen molar-refractivity contribution in [1.82, 2.24) is 0 Å². The molecule has 0 fully saturated rings. The Labute approximate surface area is 86.7 Å². The molecule has 1 aliphatic heterocycles. The van der Waals surface area contributed by atoms with Gasteiger partial charge in [-0.3, -0.25) is 0 Å². The highest BCUT2D eigenvalue weighted by Crippen LogP contribution is 2.36. The Kier molecular flexibility index (Phi) is 2.33. The van der Waals surface area contributed by atoms with E-state index in [-0.39, 0.29) is 5.75 Å². The van der Waals surface area contributed by atoms with Gasteiger partial charge in [-0.05, 0) is 25.0 Å². The van der Waals surface area contributed by atoms with E-state index in [0.717, 1.165) is 0 Å². The van der Waals surface area contributed by atoms with Crippen LogP contribution >= 0.6 is 0 Å². The van der Waals surface area contributed by atoms with Gasteiger partial charge in [0.05, 0.1) is 6.61 Å². The summed E-state index contributed by atoms with van der Waals surface area (Å²) in [6, 6.07) is 5.67. The molecule has 1 unspecified atom stereocenters. The molecule has 1 N–H and O–H groups in total. The maximum Gasteiger partial charge on any atom is 0.180 e. The molecule has 0 amide bonds. The van der Waals surface area contributed by atoms with Crippen molar-refractivity contribution < 1.29 is 14.2 Å². The van der Waals surface area contributed by atoms with Crippen molar-refractivity contribution in [3.05, 3.63) is 29.6 Å². The molecule has 0 aliphatic carbocycles. The van der Waals surface area contributed by atoms with Gasteiger partial charge in [0.15, 0.2) is 5.60 Å². The highest BCUT2D eigenvalue weighted by Gasteiger charge is 2.34. The van der Waals surface area contributed by atoms with E-state index in [2.05, 4.69) is 0 Å². The Morgan fingerprint density at radius 3 is 3.07 bits per heavy atom. The molecule has 0 radical (unpaired) electrons. The van der Waals surface area contributed by atoms with Crippen molar-refractivity contribution in [3.63, 3.8) is 0 Å². The zero-order valence-corrected chi connectivity index (χ0v) is 8.03. The maximum absolute atomic E-state index is 12.9. The lowest BCUT2D eigenvalue weighted by atomic mass is 9.91. The zero-order valence-electron chi connectivity index (χ0n) is 8.03. The molecule has 1 heterocycles. The lowest BCUT2D eigenvalue weighted by molar-refractivity contribution is 0.0884. The summed E-state index contributed by atoms with van der Waals surface area (Å²) in [5, 5.41) is 19.0. The number of benzene rings is 1. The van der Waals surface area contributed by atoms with Crippen LogP contribution in [0, 0.1) is 17.1 Å². The van der Waals surface area contributed by atoms with Gasteiger partial charge in [-0.2, -0.15) is 5.26 Å². The molecule has 0 saturated heterocycles. The van der Waals surface area contributed by atoms with Crippen LogP contribution < -0.4 is 4.74 Å². The van der Waals surface area contributed by atoms with Crippen molar-refractivity contribution in [2.24, 2.45) is 0 Å². The number of nitrogens with zero attached hydrogens (tertiary/aromatic N) is 1. The first-order chi connectivity index (χ1) is 7.15. The monoisotopic (exact) mass is 207 g/mol. The number of rotatable bonds is 0. The van der Waals surface area contributed by atoms with E-state index in [0.29, 0.717) is 25.0 Å². The van der Waals surface area contributed by atoms with Gasteiger partial charge in [0.1, 0.15) is 17.6 Å². The minimum Gasteiger partial charge on any atom is -0.493 e. The summed E-state index contributed by atoms with van der Waals surface area (Å²) in [7, 11) is 0. The smallest absolute Gasteiger partial charge is 0.180 e. The predicted molar refractivity (Wildman–Crippen MR) is 50.6 cm³/mol. The molecule has 2 rings (SSSR count). The fourth-order valence-corrected chi connectivity index (χ4v) is 1.72. The highest BCUT2D eigenvalue weighted by atomic mass is 19.1. The molecule has 0 spiro atoms. The molecule has 0 saturated carbocycles. The second kappa shape index (κ2) is 3.52. The van der Waals surface area contributed by atoms with Gasteiger partial charge in [0.2, 0.25) is 0 Å². The molecule has 0 aromatic heterocycles. The van der Waals surface area contributed by atoms with Crippen molar-refractivity contribution in [3.8, 4) is 11.8 Å². The number of fused-ring (bicyclic) bond motifs is 1. The molecule has 4 heteroatoms. The molecular formula is C11H10FNO2. The Morgan fingerprint density at radius 1 is 1.53 bits per heavy atom. The summed E-state index contributed by atoms with van der Waals surface area (Å²) < 4.78 is 18.2. The first-order valence-electron chi connectivity index (χ1n) is 4.72. The molecule has 1 aliphatic rings. The van der Waals surface area contributed by atoms with Gasteiger partial charge in [0.25, 0.3) is 0 Å². The van der Waals surface area contributed by atoms with E-state index >= 15 is 0 Å². The summed E-state index contributed by atoms with van der Waals surface area (Å²) >= 11 is 0. The van der Waals surface area contributed by atoms with E-state index in [1.807, 2.05) is 6.07 Å². The van der Waals surface area contributed by atoms with E-state index in [1.54, 1.807) is 0 Å². The molecular weight excluding hydrogens is 197 g/mol. The summed E-state index contributed by atoms with van der Waals surface area (Å²) in [6.07, 6.45) is 0.877. The minimum absolute atomic E-state index is 0.261. The summed E-state index contributed by atoms with van der Waals surface area (Å²) in [4.78, 5) is 0. The Balaban J connectivity index is 2.56. The average Bonchev–Trinajstić information content (AvgIpc) is 2.39. The Bertz CT molecular complexity index is 427. The van der Waals surface area contributed by atoms with Crippen LogP contribution in [0.4, 0.5) is 4.39 Å². The molecule has 0 bridgehead atoms. The van der Waals surface area contributed by atoms with Gasteiger partial charge in [-0.25, -0.2) is 4.39 Å². The Hall–Kier alpha value is -1.60. The van der Waals surface area contributed by atoms with Crippen LogP contribution in [0.2, 0.25) is 0 Å². The standard InChI is InChI=1S/C11H10FNO2/c12-8-2-3-9-10(6-8)15-5-1-4-11(9,14)7-13/h2-3,6,14H,1,4-5H2.